The minimum atomic E-state index is -0.110. The van der Waals surface area contributed by atoms with Gasteiger partial charge in [0.15, 0.2) is 5.82 Å². The average molecular weight is 1020 g/mol. The first-order valence-corrected chi connectivity index (χ1v) is 27.8. The molecule has 5 heteroatoms. The molecule has 80 heavy (non-hydrogen) atoms. The molecule has 11 aromatic carbocycles. The molecular formula is C75H53N5. The summed E-state index contributed by atoms with van der Waals surface area (Å²) >= 11 is 0. The van der Waals surface area contributed by atoms with Crippen LogP contribution in [0.1, 0.15) is 49.9 Å². The van der Waals surface area contributed by atoms with Crippen LogP contribution in [0.3, 0.4) is 0 Å². The van der Waals surface area contributed by atoms with Crippen LogP contribution < -0.4 is 0 Å². The van der Waals surface area contributed by atoms with Crippen molar-refractivity contribution >= 4 is 43.6 Å². The van der Waals surface area contributed by atoms with Gasteiger partial charge < -0.3 is 0 Å². The summed E-state index contributed by atoms with van der Waals surface area (Å²) in [5.41, 5.74) is 24.5. The highest BCUT2D eigenvalue weighted by molar-refractivity contribution is 6.12. The molecule has 5 nitrogen and oxygen atoms in total. The quantitative estimate of drug-likeness (QED) is 0.160. The van der Waals surface area contributed by atoms with Gasteiger partial charge in [0.05, 0.1) is 22.1 Å². The summed E-state index contributed by atoms with van der Waals surface area (Å²) in [5, 5.41) is 4.50. The molecular weight excluding hydrogens is 971 g/mol. The molecule has 0 N–H and O–H groups in total. The van der Waals surface area contributed by atoms with Crippen molar-refractivity contribution in [3.63, 3.8) is 0 Å². The van der Waals surface area contributed by atoms with E-state index < -0.39 is 0 Å². The molecule has 0 saturated carbocycles. The second-order valence-corrected chi connectivity index (χ2v) is 22.8. The number of fused-ring (bicyclic) bond motifs is 12. The number of hydrogen-bond acceptors (Lipinski definition) is 3. The summed E-state index contributed by atoms with van der Waals surface area (Å²) < 4.78 is 4.50. The molecule has 0 atom stereocenters. The van der Waals surface area contributed by atoms with Crippen molar-refractivity contribution in [3.8, 4) is 90.0 Å². The summed E-state index contributed by atoms with van der Waals surface area (Å²) in [6.45, 7) is 9.40. The van der Waals surface area contributed by atoms with Crippen LogP contribution >= 0.6 is 0 Å². The zero-order chi connectivity index (χ0) is 53.4. The molecule has 16 rings (SSSR count). The van der Waals surface area contributed by atoms with Gasteiger partial charge in [-0.25, -0.2) is 0 Å². The van der Waals surface area contributed by atoms with Crippen LogP contribution in [0.4, 0.5) is 0 Å². The molecule has 2 aliphatic rings. The van der Waals surface area contributed by atoms with Crippen LogP contribution in [0.5, 0.6) is 0 Å². The van der Waals surface area contributed by atoms with E-state index in [1.165, 1.54) is 55.6 Å². The van der Waals surface area contributed by atoms with Crippen molar-refractivity contribution in [3.05, 3.63) is 271 Å². The van der Waals surface area contributed by atoms with Crippen LogP contribution in [0.2, 0.25) is 0 Å². The van der Waals surface area contributed by atoms with E-state index >= 15 is 0 Å². The van der Waals surface area contributed by atoms with E-state index in [1.54, 1.807) is 0 Å². The largest absolute Gasteiger partial charge is 0.278 e. The number of nitrogens with zero attached hydrogens (tertiary/aromatic N) is 5. The fraction of sp³-hybridized carbons (Fsp3) is 0.0800. The van der Waals surface area contributed by atoms with Gasteiger partial charge in [0.1, 0.15) is 0 Å². The first-order valence-electron chi connectivity index (χ1n) is 27.8. The van der Waals surface area contributed by atoms with E-state index in [4.69, 9.17) is 15.0 Å². The Morgan fingerprint density at radius 1 is 0.263 bits per heavy atom. The average Bonchev–Trinajstić information content (AvgIpc) is 4.23. The summed E-state index contributed by atoms with van der Waals surface area (Å²) in [4.78, 5) is 17.0. The molecule has 2 aliphatic carbocycles. The molecule has 378 valence electrons. The topological polar surface area (TPSA) is 48.5 Å². The van der Waals surface area contributed by atoms with E-state index in [-0.39, 0.29) is 10.8 Å². The van der Waals surface area contributed by atoms with Crippen molar-refractivity contribution in [2.75, 3.05) is 0 Å². The van der Waals surface area contributed by atoms with Crippen LogP contribution in [0.15, 0.2) is 249 Å². The van der Waals surface area contributed by atoms with Crippen LogP contribution in [-0.4, -0.2) is 24.1 Å². The number of benzene rings is 11. The fourth-order valence-electron chi connectivity index (χ4n) is 13.7. The Balaban J connectivity index is 0.929. The lowest BCUT2D eigenvalue weighted by Crippen LogP contribution is -2.14. The van der Waals surface area contributed by atoms with Crippen LogP contribution in [0, 0.1) is 0 Å². The SMILES string of the molecule is CC1(C)c2ccccc2-c2ccc(-c3ccc4c(c3)c3ccccc3n4-c3nc(-c4c(-c5ccccc5)cccc4-c4ccccc4)nc(-n4c5ccccc5c5cc(-c6ccc7c(c6)C(C)(C)c6ccccc6-7)ccc54)n3)cc21. The van der Waals surface area contributed by atoms with E-state index in [0.29, 0.717) is 17.7 Å². The monoisotopic (exact) mass is 1020 g/mol. The molecule has 0 saturated heterocycles. The van der Waals surface area contributed by atoms with Crippen molar-refractivity contribution in [1.82, 2.24) is 24.1 Å². The predicted octanol–water partition coefficient (Wildman–Crippen LogP) is 19.0. The number of hydrogen-bond donors (Lipinski definition) is 0. The first kappa shape index (κ1) is 46.2. The Morgan fingerprint density at radius 3 is 1.10 bits per heavy atom. The normalized spacial score (nSPS) is 13.7. The zero-order valence-corrected chi connectivity index (χ0v) is 44.9. The molecule has 14 aromatic rings. The van der Waals surface area contributed by atoms with Gasteiger partial charge in [0.2, 0.25) is 11.9 Å². The summed E-state index contributed by atoms with van der Waals surface area (Å²) in [7, 11) is 0. The standard InChI is InChI=1S/C75H53N5/c1-74(2)62-30-15-11-24-54(62)56-38-34-50(44-64(56)74)48-36-40-68-60(42-48)58-26-13-17-32-66(58)79(68)72-76-71(70-52(46-20-7-5-8-21-46)28-19-29-53(70)47-22-9-6-10-23-47)77-73(78-72)80-67-33-18-14-27-59(67)61-43-49(37-41-69(61)80)51-35-39-57-55-25-12-16-31-63(55)75(3,4)65(57)45-51/h5-45H,1-4H3. The van der Waals surface area contributed by atoms with Crippen molar-refractivity contribution in [2.24, 2.45) is 0 Å². The predicted molar refractivity (Wildman–Crippen MR) is 331 cm³/mol. The second kappa shape index (κ2) is 17.3. The smallest absolute Gasteiger partial charge is 0.240 e. The number of aromatic nitrogens is 5. The van der Waals surface area contributed by atoms with Crippen LogP contribution in [-0.2, 0) is 10.8 Å². The Labute approximate surface area is 464 Å². The highest BCUT2D eigenvalue weighted by Gasteiger charge is 2.37. The van der Waals surface area contributed by atoms with Gasteiger partial charge >= 0.3 is 0 Å². The van der Waals surface area contributed by atoms with Gasteiger partial charge in [-0.3, -0.25) is 9.13 Å². The van der Waals surface area contributed by atoms with E-state index in [9.17, 15) is 0 Å². The Kier molecular flexibility index (Phi) is 9.96. The van der Waals surface area contributed by atoms with Gasteiger partial charge in [-0.2, -0.15) is 15.0 Å². The van der Waals surface area contributed by atoms with Gasteiger partial charge in [0, 0.05) is 37.9 Å². The third-order valence-corrected chi connectivity index (χ3v) is 17.6. The maximum Gasteiger partial charge on any atom is 0.240 e. The van der Waals surface area contributed by atoms with Crippen molar-refractivity contribution in [1.29, 1.82) is 0 Å². The molecule has 0 unspecified atom stereocenters. The Hall–Kier alpha value is -9.97. The molecule has 0 amide bonds. The highest BCUT2D eigenvalue weighted by atomic mass is 15.3. The zero-order valence-electron chi connectivity index (χ0n) is 44.9. The van der Waals surface area contributed by atoms with E-state index in [1.807, 2.05) is 0 Å². The maximum atomic E-state index is 5.68. The van der Waals surface area contributed by atoms with Gasteiger partial charge in [-0.05, 0) is 138 Å². The minimum Gasteiger partial charge on any atom is -0.278 e. The van der Waals surface area contributed by atoms with E-state index in [0.717, 1.165) is 82.6 Å². The molecule has 0 bridgehead atoms. The second-order valence-electron chi connectivity index (χ2n) is 22.8. The molecule has 0 spiro atoms. The van der Waals surface area contributed by atoms with Gasteiger partial charge in [-0.15, -0.1) is 0 Å². The number of para-hydroxylation sites is 2. The van der Waals surface area contributed by atoms with Crippen molar-refractivity contribution < 1.29 is 0 Å². The number of rotatable bonds is 7. The lowest BCUT2D eigenvalue weighted by atomic mass is 9.81. The summed E-state index contributed by atoms with van der Waals surface area (Å²) in [5.74, 6) is 1.65. The van der Waals surface area contributed by atoms with E-state index in [2.05, 4.69) is 286 Å². The first-order chi connectivity index (χ1) is 39.2. The summed E-state index contributed by atoms with van der Waals surface area (Å²) in [6, 6.07) is 90.6. The lowest BCUT2D eigenvalue weighted by molar-refractivity contribution is 0.660. The van der Waals surface area contributed by atoms with Gasteiger partial charge in [0.25, 0.3) is 0 Å². The fourth-order valence-corrected chi connectivity index (χ4v) is 13.7. The molecule has 0 aliphatic heterocycles. The Bertz CT molecular complexity index is 4580. The summed E-state index contributed by atoms with van der Waals surface area (Å²) in [6.07, 6.45) is 0. The minimum absolute atomic E-state index is 0.110. The Morgan fingerprint density at radius 2 is 0.625 bits per heavy atom. The molecule has 3 heterocycles. The molecule has 3 aromatic heterocycles. The lowest BCUT2D eigenvalue weighted by Gasteiger charge is -2.22. The van der Waals surface area contributed by atoms with Crippen molar-refractivity contribution in [2.45, 2.75) is 38.5 Å². The third kappa shape index (κ3) is 6.80. The third-order valence-electron chi connectivity index (χ3n) is 17.6. The highest BCUT2D eigenvalue weighted by Crippen LogP contribution is 2.52. The van der Waals surface area contributed by atoms with Gasteiger partial charge in [-0.1, -0.05) is 228 Å². The van der Waals surface area contributed by atoms with Crippen LogP contribution in [0.25, 0.3) is 134 Å². The maximum absolute atomic E-state index is 5.68. The molecule has 0 fully saturated rings. The molecule has 0 radical (unpaired) electrons.